The summed E-state index contributed by atoms with van der Waals surface area (Å²) >= 11 is 0. The number of furan rings is 1. The summed E-state index contributed by atoms with van der Waals surface area (Å²) in [7, 11) is 0. The molecule has 3 heterocycles. The third-order valence-corrected chi connectivity index (χ3v) is 7.71. The van der Waals surface area contributed by atoms with Crippen LogP contribution < -0.4 is 0 Å². The Bertz CT molecular complexity index is 2310. The molecule has 0 N–H and O–H groups in total. The molecular formula is C37H21N3O. The summed E-state index contributed by atoms with van der Waals surface area (Å²) in [6, 6.07) is 45.0. The van der Waals surface area contributed by atoms with Gasteiger partial charge in [0.1, 0.15) is 11.2 Å². The fourth-order valence-corrected chi connectivity index (χ4v) is 5.65. The maximum Gasteiger partial charge on any atom is 0.136 e. The van der Waals surface area contributed by atoms with Crippen molar-refractivity contribution in [2.24, 2.45) is 0 Å². The molecule has 4 heteroatoms. The molecule has 8 rings (SSSR count). The zero-order valence-corrected chi connectivity index (χ0v) is 21.9. The highest BCUT2D eigenvalue weighted by Crippen LogP contribution is 2.38. The van der Waals surface area contributed by atoms with Crippen molar-refractivity contribution >= 4 is 43.7 Å². The Hall–Kier alpha value is -5.79. The van der Waals surface area contributed by atoms with Gasteiger partial charge >= 0.3 is 0 Å². The molecule has 3 aromatic heterocycles. The number of hydrogen-bond acceptors (Lipinski definition) is 4. The molecule has 5 aromatic carbocycles. The number of nitrogens with zero attached hydrogens (tertiary/aromatic N) is 3. The molecule has 0 saturated heterocycles. The topological polar surface area (TPSA) is 62.7 Å². The summed E-state index contributed by atoms with van der Waals surface area (Å²) in [4.78, 5) is 10.2. The van der Waals surface area contributed by atoms with Gasteiger partial charge in [-0.15, -0.1) is 0 Å². The van der Waals surface area contributed by atoms with Crippen LogP contribution in [-0.4, -0.2) is 9.97 Å². The van der Waals surface area contributed by atoms with Crippen LogP contribution in [-0.2, 0) is 0 Å². The second kappa shape index (κ2) is 9.15. The van der Waals surface area contributed by atoms with Crippen molar-refractivity contribution in [2.45, 2.75) is 0 Å². The van der Waals surface area contributed by atoms with E-state index >= 15 is 0 Å². The lowest BCUT2D eigenvalue weighted by Gasteiger charge is -2.08. The minimum absolute atomic E-state index is 0.639. The van der Waals surface area contributed by atoms with Gasteiger partial charge in [0, 0.05) is 32.7 Å². The Labute approximate surface area is 235 Å². The molecule has 0 unspecified atom stereocenters. The van der Waals surface area contributed by atoms with E-state index < -0.39 is 0 Å². The van der Waals surface area contributed by atoms with Crippen LogP contribution in [0.4, 0.5) is 0 Å². The second-order valence-corrected chi connectivity index (χ2v) is 10.1. The third kappa shape index (κ3) is 3.83. The van der Waals surface area contributed by atoms with E-state index in [1.807, 2.05) is 60.7 Å². The molecule has 0 fully saturated rings. The molecule has 0 radical (unpaired) electrons. The second-order valence-electron chi connectivity index (χ2n) is 10.1. The lowest BCUT2D eigenvalue weighted by atomic mass is 9.97. The molecule has 0 atom stereocenters. The summed E-state index contributed by atoms with van der Waals surface area (Å²) in [5.41, 5.74) is 10.1. The summed E-state index contributed by atoms with van der Waals surface area (Å²) < 4.78 is 6.25. The number of fused-ring (bicyclic) bond motifs is 6. The Morgan fingerprint density at radius 3 is 1.90 bits per heavy atom. The smallest absolute Gasteiger partial charge is 0.136 e. The predicted octanol–water partition coefficient (Wildman–Crippen LogP) is 9.56. The average molecular weight is 524 g/mol. The van der Waals surface area contributed by atoms with Crippen molar-refractivity contribution < 1.29 is 4.42 Å². The van der Waals surface area contributed by atoms with Crippen molar-refractivity contribution in [3.63, 3.8) is 0 Å². The van der Waals surface area contributed by atoms with Gasteiger partial charge in [-0.3, -0.25) is 0 Å². The molecule has 0 aliphatic rings. The minimum Gasteiger partial charge on any atom is -0.456 e. The average Bonchev–Trinajstić information content (AvgIpc) is 3.43. The SMILES string of the molecule is N#Cc1ccc(-c2cccc3oc4ccc(-c5ccc6ccc7ccc(-c8ccccc8)nc7c6n5)cc4c23)cc1. The van der Waals surface area contributed by atoms with E-state index in [9.17, 15) is 5.26 Å². The highest BCUT2D eigenvalue weighted by atomic mass is 16.3. The number of nitriles is 1. The van der Waals surface area contributed by atoms with Gasteiger partial charge in [0.15, 0.2) is 0 Å². The quantitative estimate of drug-likeness (QED) is 0.216. The monoisotopic (exact) mass is 523 g/mol. The van der Waals surface area contributed by atoms with Gasteiger partial charge in [0.25, 0.3) is 0 Å². The van der Waals surface area contributed by atoms with Crippen LogP contribution >= 0.6 is 0 Å². The van der Waals surface area contributed by atoms with Gasteiger partial charge in [0.2, 0.25) is 0 Å². The molecule has 8 aromatic rings. The summed E-state index contributed by atoms with van der Waals surface area (Å²) in [5, 5.41) is 13.4. The van der Waals surface area contributed by atoms with E-state index in [2.05, 4.69) is 72.8 Å². The number of aromatic nitrogens is 2. The van der Waals surface area contributed by atoms with E-state index in [1.54, 1.807) is 0 Å². The Balaban J connectivity index is 1.31. The molecule has 0 saturated carbocycles. The first-order valence-corrected chi connectivity index (χ1v) is 13.5. The van der Waals surface area contributed by atoms with Crippen LogP contribution in [0.3, 0.4) is 0 Å². The normalized spacial score (nSPS) is 11.4. The van der Waals surface area contributed by atoms with Crippen molar-refractivity contribution in [3.05, 3.63) is 133 Å². The van der Waals surface area contributed by atoms with Crippen LogP contribution in [0.2, 0.25) is 0 Å². The molecule has 41 heavy (non-hydrogen) atoms. The number of rotatable bonds is 3. The highest BCUT2D eigenvalue weighted by Gasteiger charge is 2.15. The van der Waals surface area contributed by atoms with Crippen LogP contribution in [0.15, 0.2) is 132 Å². The molecule has 0 spiro atoms. The van der Waals surface area contributed by atoms with E-state index in [0.717, 1.165) is 77.4 Å². The molecule has 4 nitrogen and oxygen atoms in total. The molecule has 0 aliphatic heterocycles. The van der Waals surface area contributed by atoms with Gasteiger partial charge in [-0.05, 0) is 59.7 Å². The van der Waals surface area contributed by atoms with Gasteiger partial charge in [-0.1, -0.05) is 78.9 Å². The fourth-order valence-electron chi connectivity index (χ4n) is 5.65. The van der Waals surface area contributed by atoms with E-state index in [1.165, 1.54) is 0 Å². The molecule has 0 bridgehead atoms. The minimum atomic E-state index is 0.639. The number of pyridine rings is 2. The first kappa shape index (κ1) is 23.1. The van der Waals surface area contributed by atoms with Crippen molar-refractivity contribution in [3.8, 4) is 39.7 Å². The van der Waals surface area contributed by atoms with Crippen molar-refractivity contribution in [2.75, 3.05) is 0 Å². The summed E-state index contributed by atoms with van der Waals surface area (Å²) in [5.74, 6) is 0. The first-order chi connectivity index (χ1) is 20.2. The van der Waals surface area contributed by atoms with Gasteiger partial charge in [0.05, 0.1) is 34.1 Å². The standard InChI is InChI=1S/C37H21N3O/c38-22-23-9-11-24(12-10-23)29-7-4-8-34-35(29)30-21-28(17-20-33(30)41-34)32-19-16-27-14-13-26-15-18-31(25-5-2-1-3-6-25)39-36(26)37(27)40-32/h1-21H. The molecule has 0 amide bonds. The van der Waals surface area contributed by atoms with Gasteiger partial charge in [-0.2, -0.15) is 5.26 Å². The Kier molecular flexibility index (Phi) is 5.16. The zero-order chi connectivity index (χ0) is 27.3. The van der Waals surface area contributed by atoms with Crippen LogP contribution in [0.5, 0.6) is 0 Å². The van der Waals surface area contributed by atoms with E-state index in [0.29, 0.717) is 5.56 Å². The first-order valence-electron chi connectivity index (χ1n) is 13.5. The fraction of sp³-hybridized carbons (Fsp3) is 0. The Morgan fingerprint density at radius 2 is 1.20 bits per heavy atom. The molecule has 0 aliphatic carbocycles. The van der Waals surface area contributed by atoms with Crippen LogP contribution in [0, 0.1) is 11.3 Å². The Morgan fingerprint density at radius 1 is 0.537 bits per heavy atom. The lowest BCUT2D eigenvalue weighted by molar-refractivity contribution is 0.669. The summed E-state index contributed by atoms with van der Waals surface area (Å²) in [6.07, 6.45) is 0. The molecular weight excluding hydrogens is 502 g/mol. The highest BCUT2D eigenvalue weighted by molar-refractivity contribution is 6.13. The van der Waals surface area contributed by atoms with Crippen molar-refractivity contribution in [1.29, 1.82) is 5.26 Å². The van der Waals surface area contributed by atoms with Gasteiger partial charge < -0.3 is 4.42 Å². The third-order valence-electron chi connectivity index (χ3n) is 7.71. The molecule has 190 valence electrons. The summed E-state index contributed by atoms with van der Waals surface area (Å²) in [6.45, 7) is 0. The largest absolute Gasteiger partial charge is 0.456 e. The van der Waals surface area contributed by atoms with Crippen LogP contribution in [0.25, 0.3) is 77.4 Å². The van der Waals surface area contributed by atoms with E-state index in [-0.39, 0.29) is 0 Å². The van der Waals surface area contributed by atoms with Crippen molar-refractivity contribution in [1.82, 2.24) is 9.97 Å². The van der Waals surface area contributed by atoms with E-state index in [4.69, 9.17) is 14.4 Å². The maximum absolute atomic E-state index is 9.23. The number of benzene rings is 5. The predicted molar refractivity (Wildman–Crippen MR) is 165 cm³/mol. The maximum atomic E-state index is 9.23. The van der Waals surface area contributed by atoms with Gasteiger partial charge in [-0.25, -0.2) is 9.97 Å². The lowest BCUT2D eigenvalue weighted by Crippen LogP contribution is -1.91. The zero-order valence-electron chi connectivity index (χ0n) is 21.9. The number of hydrogen-bond donors (Lipinski definition) is 0. The van der Waals surface area contributed by atoms with Crippen LogP contribution in [0.1, 0.15) is 5.56 Å².